The topological polar surface area (TPSA) is 162 Å². The van der Waals surface area contributed by atoms with E-state index in [1.165, 1.54) is 6.07 Å². The monoisotopic (exact) mass is 474 g/mol. The van der Waals surface area contributed by atoms with Gasteiger partial charge < -0.3 is 21.1 Å². The molecule has 0 aliphatic carbocycles. The number of benzene rings is 2. The smallest absolute Gasteiger partial charge is 0.255 e. The quantitative estimate of drug-likeness (QED) is 0.387. The number of amides is 1. The van der Waals surface area contributed by atoms with Crippen molar-refractivity contribution in [3.63, 3.8) is 0 Å². The minimum Gasteiger partial charge on any atom is -0.483 e. The molecule has 174 valence electrons. The number of rotatable bonds is 8. The van der Waals surface area contributed by atoms with E-state index in [-0.39, 0.29) is 23.3 Å². The van der Waals surface area contributed by atoms with Crippen molar-refractivity contribution in [2.75, 3.05) is 17.2 Å². The molecule has 1 heterocycles. The summed E-state index contributed by atoms with van der Waals surface area (Å²) in [7, 11) is -3.91. The third-order valence-electron chi connectivity index (χ3n) is 4.58. The molecule has 0 aliphatic heterocycles. The molecule has 0 atom stereocenters. The third kappa shape index (κ3) is 5.93. The predicted molar refractivity (Wildman–Crippen MR) is 122 cm³/mol. The second kappa shape index (κ2) is 9.38. The highest BCUT2D eigenvalue weighted by Crippen LogP contribution is 2.29. The summed E-state index contributed by atoms with van der Waals surface area (Å²) < 4.78 is 43.3. The minimum atomic E-state index is -3.91. The number of halogens is 1. The lowest BCUT2D eigenvalue weighted by Crippen LogP contribution is -2.20. The van der Waals surface area contributed by atoms with E-state index in [0.717, 1.165) is 6.20 Å². The first-order valence-electron chi connectivity index (χ1n) is 9.66. The van der Waals surface area contributed by atoms with Crippen molar-refractivity contribution in [1.82, 2.24) is 9.97 Å². The number of nitrogens with zero attached hydrogens (tertiary/aromatic N) is 2. The number of primary sulfonamides is 1. The first-order valence-corrected chi connectivity index (χ1v) is 11.2. The largest absolute Gasteiger partial charge is 0.483 e. The number of nitrogens with two attached hydrogens (primary N) is 2. The Hall–Kier alpha value is -3.77. The number of nitrogens with one attached hydrogen (secondary N) is 2. The summed E-state index contributed by atoms with van der Waals surface area (Å²) >= 11 is 0. The second-order valence-corrected chi connectivity index (χ2v) is 8.89. The van der Waals surface area contributed by atoms with Gasteiger partial charge in [-0.15, -0.1) is 0 Å². The number of hydrogen-bond acceptors (Lipinski definition) is 8. The molecule has 0 bridgehead atoms. The van der Waals surface area contributed by atoms with E-state index in [2.05, 4.69) is 20.6 Å². The number of carbonyl (C=O) groups is 1. The Kier molecular flexibility index (Phi) is 6.79. The van der Waals surface area contributed by atoms with Crippen molar-refractivity contribution in [1.29, 1.82) is 0 Å². The zero-order valence-electron chi connectivity index (χ0n) is 18.1. The van der Waals surface area contributed by atoms with Crippen LogP contribution in [0.3, 0.4) is 0 Å². The Morgan fingerprint density at radius 3 is 2.33 bits per heavy atom. The number of anilines is 4. The molecule has 0 fully saturated rings. The van der Waals surface area contributed by atoms with Crippen LogP contribution >= 0.6 is 0 Å². The van der Waals surface area contributed by atoms with Crippen LogP contribution in [0.1, 0.15) is 16.7 Å². The van der Waals surface area contributed by atoms with Gasteiger partial charge in [-0.05, 0) is 61.7 Å². The molecule has 2 aromatic carbocycles. The summed E-state index contributed by atoms with van der Waals surface area (Å²) in [5, 5.41) is 11.0. The number of primary amides is 1. The van der Waals surface area contributed by atoms with Crippen LogP contribution in [0, 0.1) is 26.6 Å². The third-order valence-corrected chi connectivity index (χ3v) is 5.63. The highest BCUT2D eigenvalue weighted by molar-refractivity contribution is 7.89. The van der Waals surface area contributed by atoms with E-state index in [0.29, 0.717) is 33.8 Å². The molecule has 6 N–H and O–H groups in total. The number of ether oxygens (including phenoxy) is 1. The molecule has 0 aliphatic rings. The number of hydrogen-bond donors (Lipinski definition) is 4. The summed E-state index contributed by atoms with van der Waals surface area (Å²) in [5.74, 6) is -0.841. The molecule has 1 aromatic heterocycles. The first-order chi connectivity index (χ1) is 15.4. The van der Waals surface area contributed by atoms with Crippen LogP contribution in [0.15, 0.2) is 41.4 Å². The SMILES string of the molecule is Cc1ccc(Nc2ncc(F)c(Nc3cc(C)c(OCC(N)=O)c(C)c3)n2)cc1S(N)(=O)=O. The van der Waals surface area contributed by atoms with Gasteiger partial charge in [-0.2, -0.15) is 4.98 Å². The standard InChI is InChI=1S/C21H23FN6O4S/c1-11-4-5-14(8-17(11)33(24,30)31)27-21-25-9-16(22)20(28-21)26-15-6-12(2)19(13(3)7-15)32-10-18(23)29/h4-9H,10H2,1-3H3,(H2,23,29)(H2,24,30,31)(H2,25,26,27,28). The maximum absolute atomic E-state index is 14.4. The summed E-state index contributed by atoms with van der Waals surface area (Å²) in [6.07, 6.45) is 0.983. The van der Waals surface area contributed by atoms with E-state index in [4.69, 9.17) is 15.6 Å². The van der Waals surface area contributed by atoms with Gasteiger partial charge in [0.25, 0.3) is 5.91 Å². The number of aryl methyl sites for hydroxylation is 3. The van der Waals surface area contributed by atoms with E-state index >= 15 is 0 Å². The lowest BCUT2D eigenvalue weighted by molar-refractivity contribution is -0.119. The van der Waals surface area contributed by atoms with Gasteiger partial charge >= 0.3 is 0 Å². The van der Waals surface area contributed by atoms with Gasteiger partial charge in [-0.25, -0.2) is 22.9 Å². The summed E-state index contributed by atoms with van der Waals surface area (Å²) in [6, 6.07) is 7.97. The van der Waals surface area contributed by atoms with Crippen molar-refractivity contribution in [3.8, 4) is 5.75 Å². The first kappa shape index (κ1) is 23.9. The number of aromatic nitrogens is 2. The summed E-state index contributed by atoms with van der Waals surface area (Å²) in [4.78, 5) is 19.0. The van der Waals surface area contributed by atoms with Gasteiger partial charge in [0.15, 0.2) is 18.2 Å². The average Bonchev–Trinajstić information content (AvgIpc) is 2.70. The van der Waals surface area contributed by atoms with Crippen LogP contribution < -0.4 is 26.2 Å². The van der Waals surface area contributed by atoms with Crippen LogP contribution in [0.4, 0.5) is 27.5 Å². The van der Waals surface area contributed by atoms with Crippen molar-refractivity contribution in [2.24, 2.45) is 10.9 Å². The molecule has 33 heavy (non-hydrogen) atoms. The fraction of sp³-hybridized carbons (Fsp3) is 0.190. The van der Waals surface area contributed by atoms with Crippen molar-refractivity contribution in [3.05, 3.63) is 59.0 Å². The zero-order chi connectivity index (χ0) is 24.3. The maximum Gasteiger partial charge on any atom is 0.255 e. The van der Waals surface area contributed by atoms with Crippen molar-refractivity contribution < 1.29 is 22.3 Å². The molecule has 12 heteroatoms. The fourth-order valence-electron chi connectivity index (χ4n) is 3.16. The van der Waals surface area contributed by atoms with Crippen LogP contribution in [0.2, 0.25) is 0 Å². The van der Waals surface area contributed by atoms with Gasteiger partial charge in [0, 0.05) is 11.4 Å². The van der Waals surface area contributed by atoms with Gasteiger partial charge in [0.05, 0.1) is 11.1 Å². The molecule has 3 rings (SSSR count). The van der Waals surface area contributed by atoms with Gasteiger partial charge in [0.2, 0.25) is 16.0 Å². The Bertz CT molecular complexity index is 1310. The molecule has 0 unspecified atom stereocenters. The zero-order valence-corrected chi connectivity index (χ0v) is 19.0. The van der Waals surface area contributed by atoms with Gasteiger partial charge in [-0.3, -0.25) is 4.79 Å². The van der Waals surface area contributed by atoms with E-state index in [9.17, 15) is 17.6 Å². The Balaban J connectivity index is 1.85. The van der Waals surface area contributed by atoms with Crippen LogP contribution in [-0.4, -0.2) is 30.9 Å². The molecule has 1 amide bonds. The van der Waals surface area contributed by atoms with Gasteiger partial charge in [0.1, 0.15) is 5.75 Å². The lowest BCUT2D eigenvalue weighted by Gasteiger charge is -2.15. The Labute approximate surface area is 190 Å². The maximum atomic E-state index is 14.4. The van der Waals surface area contributed by atoms with Crippen LogP contribution in [-0.2, 0) is 14.8 Å². The number of sulfonamides is 1. The second-order valence-electron chi connectivity index (χ2n) is 7.36. The number of carbonyl (C=O) groups excluding carboxylic acids is 1. The van der Waals surface area contributed by atoms with E-state index < -0.39 is 21.7 Å². The molecule has 0 radical (unpaired) electrons. The molecule has 3 aromatic rings. The molecular formula is C21H23FN6O4S. The van der Waals surface area contributed by atoms with Crippen molar-refractivity contribution in [2.45, 2.75) is 25.7 Å². The minimum absolute atomic E-state index is 0.0398. The van der Waals surface area contributed by atoms with E-state index in [1.807, 2.05) is 0 Å². The Morgan fingerprint density at radius 2 is 1.73 bits per heavy atom. The molecular weight excluding hydrogens is 451 g/mol. The summed E-state index contributed by atoms with van der Waals surface area (Å²) in [5.41, 5.74) is 7.93. The molecule has 0 saturated heterocycles. The Morgan fingerprint density at radius 1 is 1.06 bits per heavy atom. The predicted octanol–water partition coefficient (Wildman–Crippen LogP) is 2.54. The average molecular weight is 475 g/mol. The molecule has 0 saturated carbocycles. The molecule has 0 spiro atoms. The van der Waals surface area contributed by atoms with E-state index in [1.54, 1.807) is 45.0 Å². The summed E-state index contributed by atoms with van der Waals surface area (Å²) in [6.45, 7) is 4.92. The van der Waals surface area contributed by atoms with Crippen molar-refractivity contribution >= 4 is 39.1 Å². The lowest BCUT2D eigenvalue weighted by atomic mass is 10.1. The van der Waals surface area contributed by atoms with Crippen LogP contribution in [0.5, 0.6) is 5.75 Å². The molecule has 10 nitrogen and oxygen atoms in total. The van der Waals surface area contributed by atoms with Crippen LogP contribution in [0.25, 0.3) is 0 Å². The normalized spacial score (nSPS) is 11.2. The highest BCUT2D eigenvalue weighted by atomic mass is 32.2. The fourth-order valence-corrected chi connectivity index (χ4v) is 3.97. The van der Waals surface area contributed by atoms with Gasteiger partial charge in [-0.1, -0.05) is 6.07 Å². The highest BCUT2D eigenvalue weighted by Gasteiger charge is 2.14.